The van der Waals surface area contributed by atoms with Gasteiger partial charge in [-0.1, -0.05) is 23.7 Å². The van der Waals surface area contributed by atoms with Gasteiger partial charge < -0.3 is 5.32 Å². The fourth-order valence-electron chi connectivity index (χ4n) is 3.57. The molecule has 0 aromatic heterocycles. The summed E-state index contributed by atoms with van der Waals surface area (Å²) in [5, 5.41) is 7.06. The molecule has 0 aliphatic carbocycles. The first kappa shape index (κ1) is 16.8. The zero-order valence-corrected chi connectivity index (χ0v) is 14.7. The topological polar surface area (TPSA) is 80.8 Å². The Bertz CT molecular complexity index is 656. The summed E-state index contributed by atoms with van der Waals surface area (Å²) in [5.74, 6) is 0.505. The van der Waals surface area contributed by atoms with E-state index in [0.717, 1.165) is 37.5 Å². The number of rotatable bonds is 3. The number of likely N-dealkylation sites (tertiary alicyclic amines) is 1. The first-order valence-electron chi connectivity index (χ1n) is 8.78. The van der Waals surface area contributed by atoms with Crippen molar-refractivity contribution in [1.82, 2.24) is 26.4 Å². The van der Waals surface area contributed by atoms with Crippen LogP contribution in [0.3, 0.4) is 0 Å². The predicted molar refractivity (Wildman–Crippen MR) is 96.9 cm³/mol. The highest BCUT2D eigenvalue weighted by molar-refractivity contribution is 6.30. The zero-order chi connectivity index (χ0) is 17.2. The quantitative estimate of drug-likeness (QED) is 0.627. The van der Waals surface area contributed by atoms with Gasteiger partial charge in [-0.05, 0) is 30.5 Å². The van der Waals surface area contributed by atoms with Crippen LogP contribution in [-0.4, -0.2) is 48.6 Å². The number of carbonyl (C=O) groups excluding carboxylic acids is 1. The van der Waals surface area contributed by atoms with Crippen LogP contribution in [0.2, 0.25) is 5.02 Å². The van der Waals surface area contributed by atoms with Gasteiger partial charge in [-0.25, -0.2) is 10.4 Å². The number of hydrogen-bond acceptors (Lipinski definition) is 6. The second-order valence-electron chi connectivity index (χ2n) is 6.86. The maximum atomic E-state index is 12.1. The molecule has 0 bridgehead atoms. The predicted octanol–water partition coefficient (Wildman–Crippen LogP) is 0.430. The molecule has 4 rings (SSSR count). The highest BCUT2D eigenvalue weighted by atomic mass is 35.5. The van der Waals surface area contributed by atoms with E-state index < -0.39 is 0 Å². The van der Waals surface area contributed by atoms with E-state index in [1.165, 1.54) is 5.56 Å². The lowest BCUT2D eigenvalue weighted by Crippen LogP contribution is -2.55. The van der Waals surface area contributed by atoms with Gasteiger partial charge in [0.05, 0.1) is 5.92 Å². The van der Waals surface area contributed by atoms with Crippen LogP contribution < -0.4 is 21.5 Å². The molecule has 0 spiro atoms. The van der Waals surface area contributed by atoms with Crippen molar-refractivity contribution < 1.29 is 4.79 Å². The number of aliphatic imine (C=N–C) groups is 1. The summed E-state index contributed by atoms with van der Waals surface area (Å²) < 4.78 is 0. The molecule has 2 atom stereocenters. The van der Waals surface area contributed by atoms with Crippen LogP contribution in [0.1, 0.15) is 18.4 Å². The average molecular weight is 363 g/mol. The highest BCUT2D eigenvalue weighted by Crippen LogP contribution is 2.17. The second-order valence-corrected chi connectivity index (χ2v) is 7.30. The van der Waals surface area contributed by atoms with Gasteiger partial charge in [0.15, 0.2) is 5.96 Å². The number of guanidine groups is 1. The number of amides is 1. The fourth-order valence-corrected chi connectivity index (χ4v) is 3.70. The molecule has 0 radical (unpaired) electrons. The molecule has 3 heterocycles. The molecule has 8 heteroatoms. The van der Waals surface area contributed by atoms with Crippen LogP contribution in [0.25, 0.3) is 0 Å². The number of nitrogens with zero attached hydrogens (tertiary/aromatic N) is 2. The van der Waals surface area contributed by atoms with E-state index in [9.17, 15) is 4.79 Å². The lowest BCUT2D eigenvalue weighted by atomic mass is 10.0. The largest absolute Gasteiger partial charge is 0.353 e. The maximum absolute atomic E-state index is 12.1. The van der Waals surface area contributed by atoms with Gasteiger partial charge in [-0.3, -0.25) is 20.4 Å². The first-order valence-corrected chi connectivity index (χ1v) is 9.15. The Labute approximate surface area is 152 Å². The van der Waals surface area contributed by atoms with Crippen LogP contribution in [0.15, 0.2) is 29.3 Å². The molecule has 25 heavy (non-hydrogen) atoms. The van der Waals surface area contributed by atoms with Crippen LogP contribution >= 0.6 is 11.6 Å². The monoisotopic (exact) mass is 362 g/mol. The molecule has 1 aromatic carbocycles. The number of halogens is 1. The normalized spacial score (nSPS) is 27.6. The fraction of sp³-hybridized carbons (Fsp3) is 0.529. The summed E-state index contributed by atoms with van der Waals surface area (Å²) >= 11 is 5.94. The number of nitrogens with one attached hydrogen (secondary N) is 4. The Morgan fingerprint density at radius 3 is 2.76 bits per heavy atom. The molecule has 134 valence electrons. The van der Waals surface area contributed by atoms with Gasteiger partial charge >= 0.3 is 0 Å². The molecule has 7 nitrogen and oxygen atoms in total. The lowest BCUT2D eigenvalue weighted by Gasteiger charge is -2.34. The summed E-state index contributed by atoms with van der Waals surface area (Å²) in [6, 6.07) is 8.38. The minimum Gasteiger partial charge on any atom is -0.353 e. The summed E-state index contributed by atoms with van der Waals surface area (Å²) in [7, 11) is 0. The second kappa shape index (κ2) is 7.29. The Kier molecular flexibility index (Phi) is 4.89. The van der Waals surface area contributed by atoms with E-state index in [1.807, 2.05) is 12.1 Å². The van der Waals surface area contributed by atoms with Gasteiger partial charge in [0.2, 0.25) is 5.91 Å². The molecule has 3 aliphatic rings. The number of fused-ring (bicyclic) bond motifs is 1. The zero-order valence-electron chi connectivity index (χ0n) is 14.0. The third-order valence-electron chi connectivity index (χ3n) is 5.05. The SMILES string of the molecule is O=C1NC(NC2CCN(Cc3ccc(Cl)cc3)CC2)=NC2NNCC12. The van der Waals surface area contributed by atoms with E-state index in [1.54, 1.807) is 0 Å². The molecule has 2 saturated heterocycles. The summed E-state index contributed by atoms with van der Waals surface area (Å²) in [6.07, 6.45) is 1.89. The van der Waals surface area contributed by atoms with Gasteiger partial charge in [-0.2, -0.15) is 0 Å². The Balaban J connectivity index is 1.27. The Hall–Kier alpha value is -1.67. The van der Waals surface area contributed by atoms with Crippen LogP contribution in [-0.2, 0) is 11.3 Å². The number of hydrazine groups is 1. The van der Waals surface area contributed by atoms with Crippen molar-refractivity contribution in [2.24, 2.45) is 10.9 Å². The minimum absolute atomic E-state index is 0.0279. The molecule has 4 N–H and O–H groups in total. The van der Waals surface area contributed by atoms with E-state index in [-0.39, 0.29) is 18.0 Å². The number of benzene rings is 1. The highest BCUT2D eigenvalue weighted by Gasteiger charge is 2.37. The van der Waals surface area contributed by atoms with Crippen molar-refractivity contribution in [3.63, 3.8) is 0 Å². The molecule has 0 saturated carbocycles. The van der Waals surface area contributed by atoms with E-state index in [4.69, 9.17) is 11.6 Å². The third kappa shape index (κ3) is 3.95. The Morgan fingerprint density at radius 1 is 1.24 bits per heavy atom. The van der Waals surface area contributed by atoms with E-state index >= 15 is 0 Å². The minimum atomic E-state index is -0.166. The van der Waals surface area contributed by atoms with Gasteiger partial charge in [0.1, 0.15) is 6.17 Å². The molecular weight excluding hydrogens is 340 g/mol. The summed E-state index contributed by atoms with van der Waals surface area (Å²) in [4.78, 5) is 19.1. The average Bonchev–Trinajstić information content (AvgIpc) is 3.08. The van der Waals surface area contributed by atoms with Gasteiger partial charge in [-0.15, -0.1) is 0 Å². The van der Waals surface area contributed by atoms with E-state index in [0.29, 0.717) is 18.5 Å². The molecule has 1 amide bonds. The summed E-state index contributed by atoms with van der Waals surface area (Å²) in [6.45, 7) is 3.61. The lowest BCUT2D eigenvalue weighted by molar-refractivity contribution is -0.123. The molecule has 2 fully saturated rings. The third-order valence-corrected chi connectivity index (χ3v) is 5.30. The Morgan fingerprint density at radius 2 is 2.00 bits per heavy atom. The van der Waals surface area contributed by atoms with Crippen LogP contribution in [0.5, 0.6) is 0 Å². The van der Waals surface area contributed by atoms with Crippen molar-refractivity contribution in [2.45, 2.75) is 31.6 Å². The number of piperidine rings is 1. The van der Waals surface area contributed by atoms with Crippen LogP contribution in [0.4, 0.5) is 0 Å². The van der Waals surface area contributed by atoms with Gasteiger partial charge in [0, 0.05) is 37.2 Å². The van der Waals surface area contributed by atoms with Crippen molar-refractivity contribution >= 4 is 23.5 Å². The number of carbonyl (C=O) groups is 1. The smallest absolute Gasteiger partial charge is 0.234 e. The standard InChI is InChI=1S/C17H23ClN6O/c18-12-3-1-11(2-4-12)10-24-7-5-13(6-8-24)20-17-21-15-14(9-19-23-15)16(25)22-17/h1-4,13-15,19,23H,5-10H2,(H2,20,21,22,25). The van der Waals surface area contributed by atoms with Crippen LogP contribution in [0, 0.1) is 5.92 Å². The van der Waals surface area contributed by atoms with Crippen molar-refractivity contribution in [2.75, 3.05) is 19.6 Å². The summed E-state index contributed by atoms with van der Waals surface area (Å²) in [5.41, 5.74) is 7.31. The van der Waals surface area contributed by atoms with Crippen molar-refractivity contribution in [3.05, 3.63) is 34.9 Å². The molecule has 2 unspecified atom stereocenters. The molecular formula is C17H23ClN6O. The van der Waals surface area contributed by atoms with Gasteiger partial charge in [0.25, 0.3) is 0 Å². The van der Waals surface area contributed by atoms with E-state index in [2.05, 4.69) is 43.5 Å². The first-order chi connectivity index (χ1) is 12.2. The molecule has 1 aromatic rings. The van der Waals surface area contributed by atoms with Crippen molar-refractivity contribution in [1.29, 1.82) is 0 Å². The van der Waals surface area contributed by atoms with Crippen molar-refractivity contribution in [3.8, 4) is 0 Å². The number of hydrogen-bond donors (Lipinski definition) is 4. The maximum Gasteiger partial charge on any atom is 0.234 e. The molecule has 3 aliphatic heterocycles.